The first kappa shape index (κ1) is 68.8. The summed E-state index contributed by atoms with van der Waals surface area (Å²) in [5.74, 6) is 0.503. The fourth-order valence-corrected chi connectivity index (χ4v) is 12.4. The molecule has 8 aromatic rings. The van der Waals surface area contributed by atoms with Crippen LogP contribution in [0.25, 0.3) is 48.5 Å². The second kappa shape index (κ2) is 31.1. The van der Waals surface area contributed by atoms with Crippen molar-refractivity contribution in [2.75, 3.05) is 87.5 Å². The molecule has 0 radical (unpaired) electrons. The number of H-pyrrole nitrogens is 1. The van der Waals surface area contributed by atoms with Crippen molar-refractivity contribution >= 4 is 150 Å². The van der Waals surface area contributed by atoms with Crippen LogP contribution in [0.2, 0.25) is 5.15 Å². The van der Waals surface area contributed by atoms with E-state index in [0.717, 1.165) is 88.4 Å². The molecule has 11 rings (SSSR count). The molecule has 0 bridgehead atoms. The number of nitrogens with zero attached hydrogens (tertiary/aromatic N) is 10. The van der Waals surface area contributed by atoms with Gasteiger partial charge in [-0.05, 0) is 147 Å². The number of aromatic nitrogens is 8. The third-order valence-electron chi connectivity index (χ3n) is 13.7. The molecular formula is C54H59Br3ClF4N15O7S3. The lowest BCUT2D eigenvalue weighted by Crippen LogP contribution is -2.41. The lowest BCUT2D eigenvalue weighted by molar-refractivity contribution is 0.376. The van der Waals surface area contributed by atoms with Gasteiger partial charge in [-0.15, -0.1) is 0 Å². The Morgan fingerprint density at radius 2 is 0.989 bits per heavy atom. The monoisotopic (exact) mass is 1470 g/mol. The molecule has 22 nitrogen and oxygen atoms in total. The van der Waals surface area contributed by atoms with Crippen LogP contribution >= 0.6 is 59.4 Å². The Balaban J connectivity index is 0.000000161. The highest BCUT2D eigenvalue weighted by atomic mass is 79.9. The van der Waals surface area contributed by atoms with Gasteiger partial charge in [0.25, 0.3) is 5.56 Å². The zero-order chi connectivity index (χ0) is 63.2. The molecule has 3 unspecified atom stereocenters. The number of hydrogen-bond acceptors (Lipinski definition) is 17. The molecule has 7 heterocycles. The molecule has 4 aromatic carbocycles. The first-order valence-corrected chi connectivity index (χ1v) is 35.1. The molecule has 0 saturated carbocycles. The van der Waals surface area contributed by atoms with Gasteiger partial charge in [0.15, 0.2) is 0 Å². The topological polar surface area (TPSA) is 284 Å². The third kappa shape index (κ3) is 20.7. The molecule has 3 saturated heterocycles. The summed E-state index contributed by atoms with van der Waals surface area (Å²) in [4.78, 5) is 49.4. The van der Waals surface area contributed by atoms with Gasteiger partial charge in [0.1, 0.15) is 59.0 Å². The Bertz CT molecular complexity index is 4220. The van der Waals surface area contributed by atoms with Crippen molar-refractivity contribution in [2.24, 2.45) is 17.8 Å². The van der Waals surface area contributed by atoms with E-state index in [9.17, 15) is 47.6 Å². The van der Waals surface area contributed by atoms with Gasteiger partial charge in [-0.3, -0.25) is 4.79 Å². The van der Waals surface area contributed by atoms with Crippen LogP contribution in [0.5, 0.6) is 0 Å². The van der Waals surface area contributed by atoms with E-state index in [1.807, 2.05) is 4.90 Å². The molecular weight excluding hydrogens is 1420 g/mol. The average molecular weight is 1480 g/mol. The van der Waals surface area contributed by atoms with E-state index >= 15 is 0 Å². The molecule has 87 heavy (non-hydrogen) atoms. The number of benzene rings is 4. The van der Waals surface area contributed by atoms with Crippen molar-refractivity contribution < 1.29 is 42.8 Å². The summed E-state index contributed by atoms with van der Waals surface area (Å²) in [6.07, 6.45) is 14.9. The summed E-state index contributed by atoms with van der Waals surface area (Å²) in [5.41, 5.74) is 1.52. The lowest BCUT2D eigenvalue weighted by Gasteiger charge is -2.34. The molecule has 5 N–H and O–H groups in total. The van der Waals surface area contributed by atoms with E-state index in [-0.39, 0.29) is 39.2 Å². The van der Waals surface area contributed by atoms with E-state index < -0.39 is 41.7 Å². The first-order valence-electron chi connectivity index (χ1n) is 26.7. The zero-order valence-electron chi connectivity index (χ0n) is 46.8. The maximum Gasteiger partial charge on any atom is 0.258 e. The number of nitrogens with one attached hydrogen (secondary N) is 5. The van der Waals surface area contributed by atoms with Crippen molar-refractivity contribution in [2.45, 2.75) is 38.5 Å². The van der Waals surface area contributed by atoms with E-state index in [1.54, 1.807) is 12.1 Å². The van der Waals surface area contributed by atoms with Gasteiger partial charge >= 0.3 is 0 Å². The van der Waals surface area contributed by atoms with Crippen LogP contribution in [0.1, 0.15) is 38.5 Å². The van der Waals surface area contributed by atoms with E-state index in [0.29, 0.717) is 96.8 Å². The number of hydrogen-bond donors (Lipinski definition) is 5. The lowest BCUT2D eigenvalue weighted by atomic mass is 9.98. The van der Waals surface area contributed by atoms with Crippen molar-refractivity contribution in [3.63, 3.8) is 0 Å². The number of sulfonamides is 3. The fourth-order valence-electron chi connectivity index (χ4n) is 9.52. The Kier molecular flexibility index (Phi) is 24.6. The van der Waals surface area contributed by atoms with Crippen LogP contribution in [-0.4, -0.2) is 143 Å². The van der Waals surface area contributed by atoms with Crippen LogP contribution in [-0.2, 0) is 30.1 Å². The van der Waals surface area contributed by atoms with Gasteiger partial charge in [0, 0.05) is 80.2 Å². The zero-order valence-corrected chi connectivity index (χ0v) is 54.8. The van der Waals surface area contributed by atoms with Crippen LogP contribution in [0, 0.1) is 47.6 Å². The number of rotatable bonds is 11. The largest absolute Gasteiger partial charge is 0.356 e. The van der Waals surface area contributed by atoms with E-state index in [1.165, 1.54) is 68.0 Å². The minimum atomic E-state index is -3.22. The number of halogens is 8. The smallest absolute Gasteiger partial charge is 0.258 e. The van der Waals surface area contributed by atoms with Gasteiger partial charge in [-0.25, -0.2) is 96.7 Å². The molecule has 0 spiro atoms. The first-order chi connectivity index (χ1) is 41.1. The molecule has 4 aromatic heterocycles. The number of piperidine rings is 3. The van der Waals surface area contributed by atoms with Gasteiger partial charge in [-0.1, -0.05) is 11.6 Å². The Labute approximate surface area is 529 Å². The Morgan fingerprint density at radius 3 is 1.46 bits per heavy atom. The highest BCUT2D eigenvalue weighted by molar-refractivity contribution is 9.11. The molecule has 3 fully saturated rings. The summed E-state index contributed by atoms with van der Waals surface area (Å²) >= 11 is 15.1. The standard InChI is InChI=1S/C16H18FN5O2S.C15H18BrFN4O2S.C8H3BrClFN2.C8H4BrFN2O.C7H16N2O2S/c1-18-15-6-12-14(7-13(15)17)19-10-20-16(12)22-5-3-4-11(9-22)8-21-25(2,23)24;1-24(22,23)20-7-10-3-2-4-21(8-10)15-11-5-12(16)13(17)6-14(11)18-9-19-15;9-5-1-4-7(2-6(5)11)12-3-13-8(4)10;9-5-1-4-7(2-6(5)10)11-3-12-8(4)13;1-12(10,11)9-6-7-3-2-4-8-5-7/h6-7,10-11,21H,3-5,8-9H2,2H3;5-6,9-10,20H,2-4,7-8H2,1H3;1-3H;1-3H,(H,11,12,13);7-9H,2-6H2,1H3. The number of anilines is 2. The minimum Gasteiger partial charge on any atom is -0.356 e. The van der Waals surface area contributed by atoms with Crippen LogP contribution in [0.15, 0.2) is 92.1 Å². The van der Waals surface area contributed by atoms with Gasteiger partial charge in [-0.2, -0.15) is 0 Å². The molecule has 3 aliphatic rings. The second-order valence-electron chi connectivity index (χ2n) is 20.6. The average Bonchev–Trinajstić information content (AvgIpc) is 1.12. The Hall–Kier alpha value is -5.73. The van der Waals surface area contributed by atoms with Crippen molar-refractivity contribution in [1.29, 1.82) is 0 Å². The van der Waals surface area contributed by atoms with Crippen molar-refractivity contribution in [1.82, 2.24) is 59.4 Å². The van der Waals surface area contributed by atoms with E-state index in [2.05, 4.69) is 117 Å². The summed E-state index contributed by atoms with van der Waals surface area (Å²) in [6, 6.07) is 11.3. The number of aromatic amines is 1. The van der Waals surface area contributed by atoms with Gasteiger partial charge in [0.2, 0.25) is 35.8 Å². The van der Waals surface area contributed by atoms with Crippen LogP contribution in [0.3, 0.4) is 0 Å². The Morgan fingerprint density at radius 1 is 0.575 bits per heavy atom. The third-order valence-corrected chi connectivity index (χ3v) is 17.9. The van der Waals surface area contributed by atoms with Gasteiger partial charge in [0.05, 0.1) is 72.5 Å². The van der Waals surface area contributed by atoms with E-state index in [4.69, 9.17) is 18.2 Å². The predicted molar refractivity (Wildman–Crippen MR) is 339 cm³/mol. The highest BCUT2D eigenvalue weighted by Gasteiger charge is 2.26. The normalized spacial score (nSPS) is 17.2. The molecule has 3 aliphatic heterocycles. The van der Waals surface area contributed by atoms with Crippen LogP contribution < -0.4 is 34.8 Å². The fraction of sp³-hybridized carbons (Fsp3) is 0.389. The minimum absolute atomic E-state index is 0.0594. The SMILES string of the molecule is CS(=O)(=O)NCC1CCCN(c2ncnc3cc(F)c(Br)cc23)C1.CS(=O)(=O)NCC1CCCNC1.Fc1cc2ncnc(Cl)c2cc1Br.O=c1[nH]cnc2cc(F)c(Br)cc12.[C-]#[N+]c1cc2c(N3CCCC(CNS(C)(=O)=O)C3)ncnc2cc1F. The molecule has 3 atom stereocenters. The van der Waals surface area contributed by atoms with Crippen molar-refractivity contribution in [3.8, 4) is 0 Å². The molecule has 0 aliphatic carbocycles. The molecule has 33 heteroatoms. The number of fused-ring (bicyclic) bond motifs is 4. The quantitative estimate of drug-likeness (QED) is 0.0459. The summed E-state index contributed by atoms with van der Waals surface area (Å²) in [7, 11) is -9.42. The van der Waals surface area contributed by atoms with Gasteiger partial charge < -0.3 is 20.1 Å². The molecule has 0 amide bonds. The maximum absolute atomic E-state index is 13.8. The van der Waals surface area contributed by atoms with Crippen LogP contribution in [0.4, 0.5) is 34.9 Å². The van der Waals surface area contributed by atoms with Crippen molar-refractivity contribution in [3.05, 3.63) is 137 Å². The summed E-state index contributed by atoms with van der Waals surface area (Å²) in [5, 5.41) is 5.98. The summed E-state index contributed by atoms with van der Waals surface area (Å²) in [6.45, 7) is 13.4. The highest BCUT2D eigenvalue weighted by Crippen LogP contribution is 2.34. The summed E-state index contributed by atoms with van der Waals surface area (Å²) < 4.78 is 129. The predicted octanol–water partition coefficient (Wildman–Crippen LogP) is 8.93. The maximum atomic E-state index is 13.8. The molecule has 466 valence electrons. The second-order valence-corrected chi connectivity index (χ2v) is 29.0.